The van der Waals surface area contributed by atoms with Gasteiger partial charge in [-0.05, 0) is 55.2 Å². The van der Waals surface area contributed by atoms with Crippen LogP contribution in [-0.4, -0.2) is 71.7 Å². The fourth-order valence-corrected chi connectivity index (χ4v) is 3.75. The predicted octanol–water partition coefficient (Wildman–Crippen LogP) is 2.92. The molecule has 1 fully saturated rings. The van der Waals surface area contributed by atoms with Gasteiger partial charge in [0.15, 0.2) is 0 Å². The number of nitrogens with zero attached hydrogens (tertiary/aromatic N) is 3. The van der Waals surface area contributed by atoms with Gasteiger partial charge in [0.1, 0.15) is 0 Å². The van der Waals surface area contributed by atoms with Gasteiger partial charge in [0.25, 0.3) is 12.9 Å². The Balaban J connectivity index is 0.000000626. The van der Waals surface area contributed by atoms with Crippen LogP contribution in [0.2, 0.25) is 0 Å². The van der Waals surface area contributed by atoms with Crippen LogP contribution in [0.5, 0.6) is 0 Å². The van der Waals surface area contributed by atoms with E-state index in [-0.39, 0.29) is 12.9 Å². The maximum absolute atomic E-state index is 8.36. The summed E-state index contributed by atoms with van der Waals surface area (Å²) in [5.74, 6) is 0. The first-order valence-electron chi connectivity index (χ1n) is 9.39. The molecule has 1 aliphatic heterocycles. The van der Waals surface area contributed by atoms with E-state index in [0.29, 0.717) is 5.41 Å². The molecule has 1 aliphatic rings. The number of hydrogen-bond acceptors (Lipinski definition) is 5. The number of carbonyl (C=O) groups is 2. The molecular weight excluding hydrogens is 370 g/mol. The largest absolute Gasteiger partial charge is 0.483 e. The second kappa shape index (κ2) is 12.6. The smallest absolute Gasteiger partial charge is 0.290 e. The van der Waals surface area contributed by atoms with E-state index in [2.05, 4.69) is 66.1 Å². The molecule has 0 aliphatic carbocycles. The standard InChI is InChI=1S/C20H27N3.2CH2O2/c1-20(10-12-22(2)15-20)16-23(3)14-17-6-8-18(9-7-17)19-5-4-11-21-13-19;2*2-1-3/h4-9,11,13H,10,12,14-16H2,1-3H3;2*1H,(H,2,3). The molecule has 0 amide bonds. The monoisotopic (exact) mass is 401 g/mol. The van der Waals surface area contributed by atoms with Crippen molar-refractivity contribution in [3.63, 3.8) is 0 Å². The van der Waals surface area contributed by atoms with Gasteiger partial charge in [-0.25, -0.2) is 0 Å². The Morgan fingerprint density at radius 1 is 1.14 bits per heavy atom. The van der Waals surface area contributed by atoms with Crippen molar-refractivity contribution in [2.75, 3.05) is 33.7 Å². The summed E-state index contributed by atoms with van der Waals surface area (Å²) < 4.78 is 0. The molecule has 2 heterocycles. The summed E-state index contributed by atoms with van der Waals surface area (Å²) in [4.78, 5) is 25.8. The van der Waals surface area contributed by atoms with Gasteiger partial charge < -0.3 is 20.0 Å². The Hall–Kier alpha value is -2.77. The van der Waals surface area contributed by atoms with Crippen LogP contribution < -0.4 is 0 Å². The van der Waals surface area contributed by atoms with Crippen LogP contribution in [0.1, 0.15) is 18.9 Å². The highest BCUT2D eigenvalue weighted by molar-refractivity contribution is 5.62. The lowest BCUT2D eigenvalue weighted by atomic mass is 9.89. The van der Waals surface area contributed by atoms with Crippen LogP contribution in [0.15, 0.2) is 48.8 Å². The number of carboxylic acid groups (broad SMARTS) is 2. The Kier molecular flexibility index (Phi) is 10.6. The first-order chi connectivity index (χ1) is 13.9. The molecule has 1 atom stereocenters. The highest BCUT2D eigenvalue weighted by Gasteiger charge is 2.32. The normalized spacial score (nSPS) is 18.2. The lowest BCUT2D eigenvalue weighted by molar-refractivity contribution is -0.123. The van der Waals surface area contributed by atoms with Crippen molar-refractivity contribution >= 4 is 12.9 Å². The van der Waals surface area contributed by atoms with Crippen LogP contribution in [0.25, 0.3) is 11.1 Å². The number of aromatic nitrogens is 1. The molecule has 0 spiro atoms. The van der Waals surface area contributed by atoms with Crippen LogP contribution >= 0.6 is 0 Å². The van der Waals surface area contributed by atoms with E-state index in [1.54, 1.807) is 0 Å². The SMILES string of the molecule is CN1CCC(C)(CN(C)Cc2ccc(-c3cccnc3)cc2)C1.O=CO.O=CO. The van der Waals surface area contributed by atoms with Crippen LogP contribution in [0, 0.1) is 5.41 Å². The van der Waals surface area contributed by atoms with E-state index in [4.69, 9.17) is 19.8 Å². The van der Waals surface area contributed by atoms with E-state index in [1.165, 1.54) is 36.2 Å². The minimum atomic E-state index is -0.250. The number of hydrogen-bond donors (Lipinski definition) is 2. The summed E-state index contributed by atoms with van der Waals surface area (Å²) in [6.07, 6.45) is 5.03. The van der Waals surface area contributed by atoms with Gasteiger partial charge in [-0.2, -0.15) is 0 Å². The fourth-order valence-electron chi connectivity index (χ4n) is 3.75. The lowest BCUT2D eigenvalue weighted by Crippen LogP contribution is -2.35. The summed E-state index contributed by atoms with van der Waals surface area (Å²) >= 11 is 0. The first kappa shape index (κ1) is 24.3. The summed E-state index contributed by atoms with van der Waals surface area (Å²) in [5, 5.41) is 13.8. The molecule has 3 rings (SSSR count). The van der Waals surface area contributed by atoms with Gasteiger partial charge in [-0.1, -0.05) is 37.3 Å². The second-order valence-electron chi connectivity index (χ2n) is 7.62. The zero-order chi connectivity index (χ0) is 21.7. The highest BCUT2D eigenvalue weighted by Crippen LogP contribution is 2.30. The zero-order valence-corrected chi connectivity index (χ0v) is 17.4. The van der Waals surface area contributed by atoms with E-state index in [1.807, 2.05) is 18.5 Å². The molecule has 1 saturated heterocycles. The topological polar surface area (TPSA) is 94.0 Å². The minimum Gasteiger partial charge on any atom is -0.483 e. The van der Waals surface area contributed by atoms with Gasteiger partial charge >= 0.3 is 0 Å². The van der Waals surface area contributed by atoms with Crippen molar-refractivity contribution in [1.29, 1.82) is 0 Å². The molecule has 0 saturated carbocycles. The molecule has 158 valence electrons. The first-order valence-corrected chi connectivity index (χ1v) is 9.39. The molecule has 29 heavy (non-hydrogen) atoms. The van der Waals surface area contributed by atoms with Gasteiger partial charge in [-0.3, -0.25) is 14.6 Å². The zero-order valence-electron chi connectivity index (χ0n) is 17.4. The van der Waals surface area contributed by atoms with E-state index < -0.39 is 0 Å². The molecule has 2 N–H and O–H groups in total. The fraction of sp³-hybridized carbons (Fsp3) is 0.409. The molecule has 1 aromatic carbocycles. The summed E-state index contributed by atoms with van der Waals surface area (Å²) in [5.41, 5.74) is 4.21. The maximum atomic E-state index is 8.36. The maximum Gasteiger partial charge on any atom is 0.290 e. The molecule has 7 nitrogen and oxygen atoms in total. The third-order valence-electron chi connectivity index (χ3n) is 4.80. The average molecular weight is 402 g/mol. The predicted molar refractivity (Wildman–Crippen MR) is 114 cm³/mol. The molecule has 0 bridgehead atoms. The van der Waals surface area contributed by atoms with Crippen molar-refractivity contribution in [3.05, 3.63) is 54.4 Å². The second-order valence-corrected chi connectivity index (χ2v) is 7.62. The summed E-state index contributed by atoms with van der Waals surface area (Å²) in [7, 11) is 4.46. The lowest BCUT2D eigenvalue weighted by Gasteiger charge is -2.30. The van der Waals surface area contributed by atoms with Gasteiger partial charge in [0.2, 0.25) is 0 Å². The Morgan fingerprint density at radius 2 is 1.76 bits per heavy atom. The third-order valence-corrected chi connectivity index (χ3v) is 4.80. The average Bonchev–Trinajstić information content (AvgIpc) is 3.02. The minimum absolute atomic E-state index is 0.250. The highest BCUT2D eigenvalue weighted by atomic mass is 16.3. The number of rotatable bonds is 5. The number of benzene rings is 1. The van der Waals surface area contributed by atoms with Crippen LogP contribution in [-0.2, 0) is 16.1 Å². The third kappa shape index (κ3) is 8.85. The van der Waals surface area contributed by atoms with Crippen LogP contribution in [0.3, 0.4) is 0 Å². The van der Waals surface area contributed by atoms with E-state index in [9.17, 15) is 0 Å². The van der Waals surface area contributed by atoms with E-state index >= 15 is 0 Å². The molecule has 1 unspecified atom stereocenters. The van der Waals surface area contributed by atoms with Crippen LogP contribution in [0.4, 0.5) is 0 Å². The quantitative estimate of drug-likeness (QED) is 0.744. The number of likely N-dealkylation sites (tertiary alicyclic amines) is 1. The van der Waals surface area contributed by atoms with Crippen molar-refractivity contribution < 1.29 is 19.8 Å². The number of pyridine rings is 1. The Morgan fingerprint density at radius 3 is 2.24 bits per heavy atom. The molecule has 7 heteroatoms. The van der Waals surface area contributed by atoms with Gasteiger partial charge in [0.05, 0.1) is 0 Å². The van der Waals surface area contributed by atoms with Crippen molar-refractivity contribution in [2.24, 2.45) is 5.41 Å². The molecule has 0 radical (unpaired) electrons. The Labute approximate surface area is 172 Å². The summed E-state index contributed by atoms with van der Waals surface area (Å²) in [6.45, 7) is 6.51. The summed E-state index contributed by atoms with van der Waals surface area (Å²) in [6, 6.07) is 13.0. The van der Waals surface area contributed by atoms with Gasteiger partial charge in [-0.15, -0.1) is 0 Å². The van der Waals surface area contributed by atoms with Crippen molar-refractivity contribution in [2.45, 2.75) is 19.9 Å². The van der Waals surface area contributed by atoms with Crippen molar-refractivity contribution in [1.82, 2.24) is 14.8 Å². The molecule has 1 aromatic heterocycles. The van der Waals surface area contributed by atoms with E-state index in [0.717, 1.165) is 13.1 Å². The Bertz CT molecular complexity index is 719. The molecular formula is C22H31N3O4. The van der Waals surface area contributed by atoms with Gasteiger partial charge in [0, 0.05) is 32.0 Å². The van der Waals surface area contributed by atoms with Crippen molar-refractivity contribution in [3.8, 4) is 11.1 Å². The molecule has 2 aromatic rings.